The summed E-state index contributed by atoms with van der Waals surface area (Å²) in [5.41, 5.74) is 1.47. The molecule has 1 fully saturated rings. The van der Waals surface area contributed by atoms with Crippen LogP contribution in [0.2, 0.25) is 0 Å². The smallest absolute Gasteiger partial charge is 0.254 e. The molecule has 6 heteroatoms. The quantitative estimate of drug-likeness (QED) is 0.696. The zero-order valence-electron chi connectivity index (χ0n) is 15.9. The van der Waals surface area contributed by atoms with E-state index in [0.29, 0.717) is 31.5 Å². The third-order valence-electron chi connectivity index (χ3n) is 5.56. The zero-order valence-corrected chi connectivity index (χ0v) is 15.9. The Labute approximate surface area is 167 Å². The number of hydrogen-bond acceptors (Lipinski definition) is 2. The van der Waals surface area contributed by atoms with Crippen LogP contribution in [-0.2, 0) is 6.42 Å². The molecule has 0 unspecified atom stereocenters. The number of aromatic amines is 1. The van der Waals surface area contributed by atoms with Crippen LogP contribution in [0.5, 0.6) is 0 Å². The molecule has 1 aliphatic heterocycles. The minimum absolute atomic E-state index is 0.0924. The van der Waals surface area contributed by atoms with E-state index in [9.17, 15) is 18.7 Å². The first-order valence-electron chi connectivity index (χ1n) is 9.64. The average molecular weight is 396 g/mol. The monoisotopic (exact) mass is 396 g/mol. The van der Waals surface area contributed by atoms with Crippen molar-refractivity contribution in [1.29, 1.82) is 0 Å². The summed E-state index contributed by atoms with van der Waals surface area (Å²) in [6.45, 7) is 0.744. The van der Waals surface area contributed by atoms with Gasteiger partial charge in [0.2, 0.25) is 0 Å². The predicted octanol–water partition coefficient (Wildman–Crippen LogP) is 4.17. The van der Waals surface area contributed by atoms with Gasteiger partial charge in [0.15, 0.2) is 0 Å². The van der Waals surface area contributed by atoms with E-state index >= 15 is 0 Å². The second kappa shape index (κ2) is 7.79. The molecule has 0 bridgehead atoms. The number of aromatic nitrogens is 1. The number of carbonyl (C=O) groups excluding carboxylic acids is 1. The van der Waals surface area contributed by atoms with Gasteiger partial charge in [-0.2, -0.15) is 0 Å². The van der Waals surface area contributed by atoms with Crippen LogP contribution in [-0.4, -0.2) is 39.6 Å². The Morgan fingerprint density at radius 3 is 2.52 bits per heavy atom. The molecular weight excluding hydrogens is 374 g/mol. The van der Waals surface area contributed by atoms with E-state index in [0.717, 1.165) is 17.3 Å². The lowest BCUT2D eigenvalue weighted by atomic mass is 9.85. The van der Waals surface area contributed by atoms with Crippen LogP contribution in [0.15, 0.2) is 60.8 Å². The number of aliphatic hydroxyl groups is 1. The number of nitrogens with zero attached hydrogens (tertiary/aromatic N) is 1. The van der Waals surface area contributed by atoms with Gasteiger partial charge in [-0.1, -0.05) is 24.3 Å². The van der Waals surface area contributed by atoms with Crippen LogP contribution in [0.4, 0.5) is 8.78 Å². The SMILES string of the molecule is O=C(c1ccccc1-c1ccc[nH]1)N1CCC(O)(Cc2ccc(F)cc2F)CC1. The third kappa shape index (κ3) is 4.07. The summed E-state index contributed by atoms with van der Waals surface area (Å²) < 4.78 is 27.1. The zero-order chi connectivity index (χ0) is 20.4. The van der Waals surface area contributed by atoms with E-state index < -0.39 is 17.2 Å². The molecule has 3 aromatic rings. The van der Waals surface area contributed by atoms with Crippen LogP contribution >= 0.6 is 0 Å². The van der Waals surface area contributed by atoms with Crippen molar-refractivity contribution in [1.82, 2.24) is 9.88 Å². The maximum atomic E-state index is 14.0. The van der Waals surface area contributed by atoms with Gasteiger partial charge in [0.1, 0.15) is 11.6 Å². The van der Waals surface area contributed by atoms with Gasteiger partial charge in [-0.3, -0.25) is 4.79 Å². The van der Waals surface area contributed by atoms with Crippen LogP contribution in [0.25, 0.3) is 11.3 Å². The van der Waals surface area contributed by atoms with E-state index in [-0.39, 0.29) is 17.9 Å². The van der Waals surface area contributed by atoms with Gasteiger partial charge in [0.25, 0.3) is 5.91 Å². The molecule has 0 aliphatic carbocycles. The van der Waals surface area contributed by atoms with Gasteiger partial charge in [-0.05, 0) is 42.7 Å². The number of carbonyl (C=O) groups is 1. The van der Waals surface area contributed by atoms with E-state index in [1.165, 1.54) is 12.1 Å². The van der Waals surface area contributed by atoms with Crippen molar-refractivity contribution in [3.63, 3.8) is 0 Å². The maximum Gasteiger partial charge on any atom is 0.254 e. The van der Waals surface area contributed by atoms with Gasteiger partial charge < -0.3 is 15.0 Å². The second-order valence-corrected chi connectivity index (χ2v) is 7.56. The lowest BCUT2D eigenvalue weighted by Crippen LogP contribution is -2.48. The average Bonchev–Trinajstić information content (AvgIpc) is 3.25. The van der Waals surface area contributed by atoms with Crippen molar-refractivity contribution in [2.24, 2.45) is 0 Å². The lowest BCUT2D eigenvalue weighted by Gasteiger charge is -2.38. The lowest BCUT2D eigenvalue weighted by molar-refractivity contribution is -0.0167. The van der Waals surface area contributed by atoms with Crippen molar-refractivity contribution in [2.75, 3.05) is 13.1 Å². The van der Waals surface area contributed by atoms with Gasteiger partial charge in [-0.25, -0.2) is 8.78 Å². The van der Waals surface area contributed by atoms with E-state index in [2.05, 4.69) is 4.98 Å². The van der Waals surface area contributed by atoms with Crippen molar-refractivity contribution in [3.8, 4) is 11.3 Å². The molecule has 0 radical (unpaired) electrons. The van der Waals surface area contributed by atoms with Crippen LogP contribution in [0.3, 0.4) is 0 Å². The molecule has 1 aromatic heterocycles. The van der Waals surface area contributed by atoms with Gasteiger partial charge in [0.05, 0.1) is 5.60 Å². The molecule has 4 rings (SSSR count). The summed E-state index contributed by atoms with van der Waals surface area (Å²) in [6, 6.07) is 14.6. The highest BCUT2D eigenvalue weighted by Gasteiger charge is 2.35. The van der Waals surface area contributed by atoms with Crippen molar-refractivity contribution in [2.45, 2.75) is 24.9 Å². The van der Waals surface area contributed by atoms with Gasteiger partial charge in [-0.15, -0.1) is 0 Å². The second-order valence-electron chi connectivity index (χ2n) is 7.56. The fraction of sp³-hybridized carbons (Fsp3) is 0.261. The van der Waals surface area contributed by atoms with Crippen LogP contribution < -0.4 is 0 Å². The standard InChI is InChI=1S/C23H22F2N2O2/c24-17-8-7-16(20(25)14-17)15-23(29)9-12-27(13-10-23)22(28)19-5-2-1-4-18(19)21-6-3-11-26-21/h1-8,11,14,26,29H,9-10,12-13,15H2. The predicted molar refractivity (Wildman–Crippen MR) is 106 cm³/mol. The highest BCUT2D eigenvalue weighted by atomic mass is 19.1. The highest BCUT2D eigenvalue weighted by molar-refractivity contribution is 6.00. The molecule has 0 saturated carbocycles. The first-order valence-corrected chi connectivity index (χ1v) is 9.64. The number of benzene rings is 2. The van der Waals surface area contributed by atoms with Gasteiger partial charge in [0, 0.05) is 48.6 Å². The summed E-state index contributed by atoms with van der Waals surface area (Å²) in [6.07, 6.45) is 2.58. The summed E-state index contributed by atoms with van der Waals surface area (Å²) in [7, 11) is 0. The van der Waals surface area contributed by atoms with E-state index in [1.54, 1.807) is 11.0 Å². The number of likely N-dealkylation sites (tertiary alicyclic amines) is 1. The largest absolute Gasteiger partial charge is 0.389 e. The molecule has 0 atom stereocenters. The molecule has 1 amide bonds. The molecule has 1 saturated heterocycles. The van der Waals surface area contributed by atoms with Crippen molar-refractivity contribution in [3.05, 3.63) is 83.6 Å². The number of nitrogens with one attached hydrogen (secondary N) is 1. The fourth-order valence-corrected chi connectivity index (χ4v) is 3.90. The summed E-state index contributed by atoms with van der Waals surface area (Å²) >= 11 is 0. The number of halogens is 2. The molecular formula is C23H22F2N2O2. The highest BCUT2D eigenvalue weighted by Crippen LogP contribution is 2.30. The number of rotatable bonds is 4. The molecule has 2 aromatic carbocycles. The minimum Gasteiger partial charge on any atom is -0.389 e. The topological polar surface area (TPSA) is 56.3 Å². The Bertz CT molecular complexity index is 1010. The van der Waals surface area contributed by atoms with Crippen LogP contribution in [0, 0.1) is 11.6 Å². The molecule has 4 nitrogen and oxygen atoms in total. The normalized spacial score (nSPS) is 16.0. The molecule has 2 heterocycles. The summed E-state index contributed by atoms with van der Waals surface area (Å²) in [4.78, 5) is 18.0. The van der Waals surface area contributed by atoms with Crippen LogP contribution in [0.1, 0.15) is 28.8 Å². The van der Waals surface area contributed by atoms with Gasteiger partial charge >= 0.3 is 0 Å². The number of amides is 1. The molecule has 0 spiro atoms. The Morgan fingerprint density at radius 2 is 1.83 bits per heavy atom. The molecule has 150 valence electrons. The third-order valence-corrected chi connectivity index (χ3v) is 5.56. The van der Waals surface area contributed by atoms with E-state index in [1.807, 2.05) is 36.5 Å². The Balaban J connectivity index is 1.47. The Kier molecular flexibility index (Phi) is 5.20. The van der Waals surface area contributed by atoms with Crippen molar-refractivity contribution < 1.29 is 18.7 Å². The number of H-pyrrole nitrogens is 1. The molecule has 1 aliphatic rings. The first-order chi connectivity index (χ1) is 14.0. The maximum absolute atomic E-state index is 14.0. The van der Waals surface area contributed by atoms with Crippen molar-refractivity contribution >= 4 is 5.91 Å². The molecule has 2 N–H and O–H groups in total. The first kappa shape index (κ1) is 19.3. The number of hydrogen-bond donors (Lipinski definition) is 2. The van der Waals surface area contributed by atoms with E-state index in [4.69, 9.17) is 0 Å². The number of piperidine rings is 1. The minimum atomic E-state index is -1.12. The molecule has 29 heavy (non-hydrogen) atoms. The fourth-order valence-electron chi connectivity index (χ4n) is 3.90. The summed E-state index contributed by atoms with van der Waals surface area (Å²) in [5, 5.41) is 10.9. The Morgan fingerprint density at radius 1 is 1.07 bits per heavy atom. The Hall–Kier alpha value is -2.99. The summed E-state index contributed by atoms with van der Waals surface area (Å²) in [5.74, 6) is -1.39.